The molecular formula is C29H50O. The van der Waals surface area contributed by atoms with Crippen molar-refractivity contribution in [1.29, 1.82) is 0 Å². The van der Waals surface area contributed by atoms with E-state index in [1.165, 1.54) is 92.2 Å². The molecule has 2 rings (SSSR count). The van der Waals surface area contributed by atoms with Gasteiger partial charge in [0.1, 0.15) is 11.4 Å². The Morgan fingerprint density at radius 1 is 0.833 bits per heavy atom. The summed E-state index contributed by atoms with van der Waals surface area (Å²) in [5.41, 5.74) is 5.58. The molecule has 1 heteroatoms. The molecule has 0 saturated heterocycles. The predicted molar refractivity (Wildman–Crippen MR) is 133 cm³/mol. The van der Waals surface area contributed by atoms with Crippen molar-refractivity contribution in [2.24, 2.45) is 17.8 Å². The van der Waals surface area contributed by atoms with Crippen LogP contribution < -0.4 is 4.74 Å². The molecule has 0 N–H and O–H groups in total. The van der Waals surface area contributed by atoms with Crippen molar-refractivity contribution in [1.82, 2.24) is 0 Å². The number of fused-ring (bicyclic) bond motifs is 1. The normalized spacial score (nSPS) is 20.7. The standard InChI is InChI=1S/C29H50O/c1-21(2)12-9-13-22(3)14-10-15-23(4)16-11-18-29(8)19-17-27-25(6)20-24(5)26(7)28(27)30-29/h20-23H,9-19H2,1-8H3/t22?,23?,29-/m1/s1. The molecule has 1 aliphatic heterocycles. The first-order valence-corrected chi connectivity index (χ1v) is 12.9. The van der Waals surface area contributed by atoms with E-state index in [1.54, 1.807) is 0 Å². The van der Waals surface area contributed by atoms with E-state index < -0.39 is 0 Å². The summed E-state index contributed by atoms with van der Waals surface area (Å²) in [6.07, 6.45) is 14.6. The van der Waals surface area contributed by atoms with Crippen LogP contribution in [-0.4, -0.2) is 5.60 Å². The van der Waals surface area contributed by atoms with Gasteiger partial charge in [-0.1, -0.05) is 78.7 Å². The van der Waals surface area contributed by atoms with Gasteiger partial charge in [0, 0.05) is 0 Å². The van der Waals surface area contributed by atoms with Crippen LogP contribution in [0.25, 0.3) is 0 Å². The predicted octanol–water partition coefficient (Wildman–Crippen LogP) is 9.13. The number of hydrogen-bond donors (Lipinski definition) is 0. The first-order valence-electron chi connectivity index (χ1n) is 12.9. The van der Waals surface area contributed by atoms with Crippen LogP contribution in [0.5, 0.6) is 5.75 Å². The third-order valence-electron chi connectivity index (χ3n) is 7.64. The average molecular weight is 415 g/mol. The molecule has 3 atom stereocenters. The van der Waals surface area contributed by atoms with Crippen molar-refractivity contribution in [3.8, 4) is 5.75 Å². The largest absolute Gasteiger partial charge is 0.487 e. The van der Waals surface area contributed by atoms with Gasteiger partial charge < -0.3 is 4.74 Å². The van der Waals surface area contributed by atoms with E-state index in [0.29, 0.717) is 0 Å². The number of ether oxygens (including phenoxy) is 1. The Labute approximate surface area is 188 Å². The molecular weight excluding hydrogens is 364 g/mol. The summed E-state index contributed by atoms with van der Waals surface area (Å²) in [5.74, 6) is 3.80. The fraction of sp³-hybridized carbons (Fsp3) is 0.793. The van der Waals surface area contributed by atoms with Gasteiger partial charge in [0.2, 0.25) is 0 Å². The monoisotopic (exact) mass is 414 g/mol. The Bertz CT molecular complexity index is 659. The highest BCUT2D eigenvalue weighted by Crippen LogP contribution is 2.41. The van der Waals surface area contributed by atoms with Gasteiger partial charge >= 0.3 is 0 Å². The van der Waals surface area contributed by atoms with Gasteiger partial charge in [-0.25, -0.2) is 0 Å². The summed E-state index contributed by atoms with van der Waals surface area (Å²) in [5, 5.41) is 0. The summed E-state index contributed by atoms with van der Waals surface area (Å²) in [7, 11) is 0. The molecule has 0 radical (unpaired) electrons. The van der Waals surface area contributed by atoms with Gasteiger partial charge in [-0.2, -0.15) is 0 Å². The van der Waals surface area contributed by atoms with Crippen LogP contribution in [0.2, 0.25) is 0 Å². The fourth-order valence-corrected chi connectivity index (χ4v) is 5.22. The van der Waals surface area contributed by atoms with Crippen LogP contribution in [0.15, 0.2) is 6.07 Å². The molecule has 0 fully saturated rings. The zero-order chi connectivity index (χ0) is 22.3. The van der Waals surface area contributed by atoms with Crippen molar-refractivity contribution in [3.63, 3.8) is 0 Å². The molecule has 1 aromatic rings. The Balaban J connectivity index is 1.70. The molecule has 1 aliphatic rings. The summed E-state index contributed by atoms with van der Waals surface area (Å²) >= 11 is 0. The van der Waals surface area contributed by atoms with Crippen LogP contribution in [0, 0.1) is 38.5 Å². The lowest BCUT2D eigenvalue weighted by molar-refractivity contribution is 0.0513. The van der Waals surface area contributed by atoms with Crippen LogP contribution >= 0.6 is 0 Å². The van der Waals surface area contributed by atoms with Gasteiger partial charge in [-0.3, -0.25) is 0 Å². The second-order valence-corrected chi connectivity index (χ2v) is 11.4. The van der Waals surface area contributed by atoms with Gasteiger partial charge in [0.05, 0.1) is 0 Å². The average Bonchev–Trinajstić information content (AvgIpc) is 2.65. The van der Waals surface area contributed by atoms with Crippen molar-refractivity contribution < 1.29 is 4.74 Å². The van der Waals surface area contributed by atoms with E-state index in [0.717, 1.165) is 24.2 Å². The van der Waals surface area contributed by atoms with Crippen LogP contribution in [-0.2, 0) is 6.42 Å². The number of aryl methyl sites for hydroxylation is 2. The topological polar surface area (TPSA) is 9.23 Å². The van der Waals surface area contributed by atoms with E-state index in [9.17, 15) is 0 Å². The Morgan fingerprint density at radius 3 is 2.00 bits per heavy atom. The van der Waals surface area contributed by atoms with E-state index in [1.807, 2.05) is 0 Å². The smallest absolute Gasteiger partial charge is 0.126 e. The molecule has 2 unspecified atom stereocenters. The minimum absolute atomic E-state index is 0.0165. The van der Waals surface area contributed by atoms with Gasteiger partial charge in [-0.15, -0.1) is 0 Å². The maximum atomic E-state index is 6.66. The third-order valence-corrected chi connectivity index (χ3v) is 7.64. The minimum atomic E-state index is 0.0165. The van der Waals surface area contributed by atoms with Crippen molar-refractivity contribution >= 4 is 0 Å². The van der Waals surface area contributed by atoms with Crippen LogP contribution in [0.1, 0.15) is 121 Å². The molecule has 0 aliphatic carbocycles. The molecule has 30 heavy (non-hydrogen) atoms. The van der Waals surface area contributed by atoms with Crippen LogP contribution in [0.4, 0.5) is 0 Å². The van der Waals surface area contributed by atoms with E-state index in [-0.39, 0.29) is 5.60 Å². The first-order chi connectivity index (χ1) is 14.1. The minimum Gasteiger partial charge on any atom is -0.487 e. The summed E-state index contributed by atoms with van der Waals surface area (Å²) in [6.45, 7) is 18.6. The summed E-state index contributed by atoms with van der Waals surface area (Å²) in [6, 6.07) is 2.33. The zero-order valence-electron chi connectivity index (χ0n) is 21.5. The lowest BCUT2D eigenvalue weighted by atomic mass is 9.84. The highest BCUT2D eigenvalue weighted by atomic mass is 16.5. The molecule has 1 nitrogen and oxygen atoms in total. The lowest BCUT2D eigenvalue weighted by Gasteiger charge is -2.38. The molecule has 1 aromatic carbocycles. The molecule has 0 saturated carbocycles. The van der Waals surface area contributed by atoms with Crippen molar-refractivity contribution in [2.75, 3.05) is 0 Å². The lowest BCUT2D eigenvalue weighted by Crippen LogP contribution is -2.37. The summed E-state index contributed by atoms with van der Waals surface area (Å²) in [4.78, 5) is 0. The zero-order valence-corrected chi connectivity index (χ0v) is 21.5. The van der Waals surface area contributed by atoms with E-state index >= 15 is 0 Å². The Hall–Kier alpha value is -0.980. The highest BCUT2D eigenvalue weighted by molar-refractivity contribution is 5.51. The van der Waals surface area contributed by atoms with Crippen molar-refractivity contribution in [3.05, 3.63) is 28.3 Å². The second-order valence-electron chi connectivity index (χ2n) is 11.4. The molecule has 172 valence electrons. The summed E-state index contributed by atoms with van der Waals surface area (Å²) < 4.78 is 6.66. The molecule has 0 bridgehead atoms. The second kappa shape index (κ2) is 11.6. The third kappa shape index (κ3) is 7.61. The fourth-order valence-electron chi connectivity index (χ4n) is 5.22. The Kier molecular flexibility index (Phi) is 9.76. The molecule has 0 spiro atoms. The van der Waals surface area contributed by atoms with Gasteiger partial charge in [-0.05, 0) is 93.4 Å². The highest BCUT2D eigenvalue weighted by Gasteiger charge is 2.33. The maximum absolute atomic E-state index is 6.66. The van der Waals surface area contributed by atoms with Gasteiger partial charge in [0.25, 0.3) is 0 Å². The SMILES string of the molecule is Cc1cc(C)c2c(c1C)O[C@](C)(CCCC(C)CCCC(C)CCCC(C)C)CC2. The maximum Gasteiger partial charge on any atom is 0.126 e. The van der Waals surface area contributed by atoms with E-state index in [4.69, 9.17) is 4.74 Å². The quantitative estimate of drug-likeness (QED) is 0.331. The molecule has 1 heterocycles. The van der Waals surface area contributed by atoms with Crippen LogP contribution in [0.3, 0.4) is 0 Å². The number of rotatable bonds is 12. The molecule has 0 aromatic heterocycles. The first kappa shape index (κ1) is 25.3. The van der Waals surface area contributed by atoms with Gasteiger partial charge in [0.15, 0.2) is 0 Å². The number of hydrogen-bond acceptors (Lipinski definition) is 1. The Morgan fingerprint density at radius 2 is 1.40 bits per heavy atom. The molecule has 0 amide bonds. The number of benzene rings is 1. The van der Waals surface area contributed by atoms with Crippen molar-refractivity contribution in [2.45, 2.75) is 132 Å². The van der Waals surface area contributed by atoms with E-state index in [2.05, 4.69) is 61.5 Å².